The molecule has 1 heterocycles. The van der Waals surface area contributed by atoms with Crippen molar-refractivity contribution in [1.29, 1.82) is 0 Å². The number of aromatic nitrogens is 1. The summed E-state index contributed by atoms with van der Waals surface area (Å²) in [5.74, 6) is -0.347. The van der Waals surface area contributed by atoms with Gasteiger partial charge in [-0.2, -0.15) is 0 Å². The van der Waals surface area contributed by atoms with E-state index < -0.39 is 10.7 Å². The number of nitro groups is 1. The van der Waals surface area contributed by atoms with Crippen LogP contribution in [0, 0.1) is 10.1 Å². The van der Waals surface area contributed by atoms with Gasteiger partial charge in [0.15, 0.2) is 5.69 Å². The first-order valence-corrected chi connectivity index (χ1v) is 6.41. The summed E-state index contributed by atoms with van der Waals surface area (Å²) in [6.07, 6.45) is 0. The van der Waals surface area contributed by atoms with E-state index in [4.69, 9.17) is 39.5 Å². The molecule has 0 fully saturated rings. The van der Waals surface area contributed by atoms with Gasteiger partial charge in [-0.05, 0) is 34.2 Å². The van der Waals surface area contributed by atoms with Crippen LogP contribution in [0.4, 0.5) is 5.82 Å². The molecular weight excluding hydrogens is 327 g/mol. The Morgan fingerprint density at radius 1 is 1.25 bits per heavy atom. The molecule has 1 aromatic heterocycles. The number of benzene rings is 1. The maximum atomic E-state index is 11.0. The molecule has 5 nitrogen and oxygen atoms in total. The largest absolute Gasteiger partial charge is 0.489 e. The Bertz CT molecular complexity index is 692. The Morgan fingerprint density at radius 3 is 2.55 bits per heavy atom. The molecule has 0 amide bonds. The quantitative estimate of drug-likeness (QED) is 0.467. The minimum atomic E-state index is -0.637. The van der Waals surface area contributed by atoms with E-state index in [0.29, 0.717) is 10.6 Å². The highest BCUT2D eigenvalue weighted by atomic mass is 35.5. The molecule has 0 radical (unpaired) electrons. The van der Waals surface area contributed by atoms with E-state index in [0.717, 1.165) is 0 Å². The van der Waals surface area contributed by atoms with Gasteiger partial charge in [-0.1, -0.05) is 34.8 Å². The zero-order chi connectivity index (χ0) is 14.9. The molecule has 20 heavy (non-hydrogen) atoms. The van der Waals surface area contributed by atoms with E-state index in [2.05, 4.69) is 4.98 Å². The Kier molecular flexibility index (Phi) is 4.32. The third-order valence-electron chi connectivity index (χ3n) is 2.50. The van der Waals surface area contributed by atoms with Gasteiger partial charge in [0.25, 0.3) is 0 Å². The summed E-state index contributed by atoms with van der Waals surface area (Å²) >= 11 is 17.9. The van der Waals surface area contributed by atoms with Gasteiger partial charge >= 0.3 is 5.82 Å². The minimum absolute atomic E-state index is 0.0583. The molecular formula is C12H7Cl3N2O3. The molecule has 1 aromatic carbocycles. The Labute approximate surface area is 129 Å². The molecule has 0 unspecified atom stereocenters. The van der Waals surface area contributed by atoms with Gasteiger partial charge in [0.05, 0.1) is 17.2 Å². The second-order valence-electron chi connectivity index (χ2n) is 3.73. The molecule has 0 atom stereocenters. The van der Waals surface area contributed by atoms with Gasteiger partial charge in [0.2, 0.25) is 5.75 Å². The van der Waals surface area contributed by atoms with E-state index in [1.807, 2.05) is 0 Å². The van der Waals surface area contributed by atoms with Gasteiger partial charge in [-0.3, -0.25) is 0 Å². The summed E-state index contributed by atoms with van der Waals surface area (Å²) in [5, 5.41) is 11.8. The van der Waals surface area contributed by atoms with E-state index in [9.17, 15) is 10.1 Å². The summed E-state index contributed by atoms with van der Waals surface area (Å²) in [4.78, 5) is 14.3. The monoisotopic (exact) mass is 332 g/mol. The third kappa shape index (κ3) is 2.80. The van der Waals surface area contributed by atoms with Crippen molar-refractivity contribution in [1.82, 2.24) is 4.98 Å². The number of halogens is 3. The SMILES string of the molecule is COc1ccc(-c2cc(Cl)cc(Cl)c2Cl)nc1[N+](=O)[O-]. The molecule has 0 aliphatic carbocycles. The van der Waals surface area contributed by atoms with Crippen molar-refractivity contribution in [2.75, 3.05) is 7.11 Å². The van der Waals surface area contributed by atoms with E-state index >= 15 is 0 Å². The van der Waals surface area contributed by atoms with Crippen molar-refractivity contribution in [3.05, 3.63) is 49.4 Å². The van der Waals surface area contributed by atoms with E-state index in [-0.39, 0.29) is 21.5 Å². The van der Waals surface area contributed by atoms with Gasteiger partial charge in [-0.25, -0.2) is 0 Å². The molecule has 0 saturated heterocycles. The van der Waals surface area contributed by atoms with Crippen LogP contribution in [0.1, 0.15) is 0 Å². The van der Waals surface area contributed by atoms with Crippen LogP contribution in [-0.4, -0.2) is 17.0 Å². The fourth-order valence-corrected chi connectivity index (χ4v) is 2.32. The standard InChI is InChI=1S/C12H7Cl3N2O3/c1-20-10-3-2-9(16-12(10)17(18)19)7-4-6(13)5-8(14)11(7)15/h2-5H,1H3. The molecule has 0 N–H and O–H groups in total. The smallest absolute Gasteiger partial charge is 0.406 e. The minimum Gasteiger partial charge on any atom is -0.489 e. The summed E-state index contributed by atoms with van der Waals surface area (Å²) in [6.45, 7) is 0. The second kappa shape index (κ2) is 5.83. The molecule has 0 bridgehead atoms. The van der Waals surface area contributed by atoms with Gasteiger partial charge < -0.3 is 14.9 Å². The van der Waals surface area contributed by atoms with Crippen molar-refractivity contribution in [3.63, 3.8) is 0 Å². The van der Waals surface area contributed by atoms with Crippen molar-refractivity contribution in [2.24, 2.45) is 0 Å². The van der Waals surface area contributed by atoms with Gasteiger partial charge in [0, 0.05) is 10.6 Å². The first kappa shape index (κ1) is 14.8. The summed E-state index contributed by atoms with van der Waals surface area (Å²) in [6, 6.07) is 5.99. The van der Waals surface area contributed by atoms with Crippen molar-refractivity contribution < 1.29 is 9.66 Å². The molecule has 0 aliphatic rings. The first-order chi connectivity index (χ1) is 9.43. The normalized spacial score (nSPS) is 10.4. The number of pyridine rings is 1. The van der Waals surface area contributed by atoms with Crippen LogP contribution in [0.2, 0.25) is 15.1 Å². The summed E-state index contributed by atoms with van der Waals surface area (Å²) in [5.41, 5.74) is 0.696. The summed E-state index contributed by atoms with van der Waals surface area (Å²) in [7, 11) is 1.33. The summed E-state index contributed by atoms with van der Waals surface area (Å²) < 4.78 is 4.89. The molecule has 0 saturated carbocycles. The van der Waals surface area contributed by atoms with Crippen LogP contribution < -0.4 is 4.74 Å². The zero-order valence-corrected chi connectivity index (χ0v) is 12.3. The average molecular weight is 334 g/mol. The van der Waals surface area contributed by atoms with Gasteiger partial charge in [0.1, 0.15) is 0 Å². The van der Waals surface area contributed by atoms with E-state index in [1.54, 1.807) is 6.07 Å². The lowest BCUT2D eigenvalue weighted by Crippen LogP contribution is -1.98. The zero-order valence-electron chi connectivity index (χ0n) is 10.1. The third-order valence-corrected chi connectivity index (χ3v) is 3.52. The molecule has 2 aromatic rings. The number of hydrogen-bond donors (Lipinski definition) is 0. The van der Waals surface area contributed by atoms with Crippen LogP contribution >= 0.6 is 34.8 Å². The molecule has 0 aliphatic heterocycles. The maximum Gasteiger partial charge on any atom is 0.406 e. The lowest BCUT2D eigenvalue weighted by molar-refractivity contribution is -0.390. The molecule has 2 rings (SSSR count). The van der Waals surface area contributed by atoms with Crippen molar-refractivity contribution in [3.8, 4) is 17.0 Å². The lowest BCUT2D eigenvalue weighted by Gasteiger charge is -2.05. The highest BCUT2D eigenvalue weighted by Crippen LogP contribution is 2.37. The van der Waals surface area contributed by atoms with Crippen LogP contribution in [0.5, 0.6) is 5.75 Å². The van der Waals surface area contributed by atoms with Crippen molar-refractivity contribution in [2.45, 2.75) is 0 Å². The molecule has 8 heteroatoms. The molecule has 0 spiro atoms. The number of methoxy groups -OCH3 is 1. The average Bonchev–Trinajstić information content (AvgIpc) is 2.42. The number of nitrogens with zero attached hydrogens (tertiary/aromatic N) is 2. The topological polar surface area (TPSA) is 65.3 Å². The molecule has 104 valence electrons. The van der Waals surface area contributed by atoms with Crippen LogP contribution in [0.15, 0.2) is 24.3 Å². The highest BCUT2D eigenvalue weighted by Gasteiger charge is 2.21. The van der Waals surface area contributed by atoms with Crippen LogP contribution in [0.3, 0.4) is 0 Å². The Hall–Kier alpha value is -1.56. The maximum absolute atomic E-state index is 11.0. The lowest BCUT2D eigenvalue weighted by atomic mass is 10.1. The number of ether oxygens (including phenoxy) is 1. The predicted molar refractivity (Wildman–Crippen MR) is 77.9 cm³/mol. The van der Waals surface area contributed by atoms with Gasteiger partial charge in [-0.15, -0.1) is 0 Å². The van der Waals surface area contributed by atoms with Crippen LogP contribution in [0.25, 0.3) is 11.3 Å². The Balaban J connectivity index is 2.65. The fourth-order valence-electron chi connectivity index (χ4n) is 1.62. The van der Waals surface area contributed by atoms with Crippen molar-refractivity contribution >= 4 is 40.6 Å². The predicted octanol–water partition coefficient (Wildman–Crippen LogP) is 4.63. The van der Waals surface area contributed by atoms with Crippen LogP contribution in [-0.2, 0) is 0 Å². The number of rotatable bonds is 3. The van der Waals surface area contributed by atoms with E-state index in [1.165, 1.54) is 25.3 Å². The fraction of sp³-hybridized carbons (Fsp3) is 0.0833. The highest BCUT2D eigenvalue weighted by molar-refractivity contribution is 6.45. The Morgan fingerprint density at radius 2 is 1.95 bits per heavy atom. The first-order valence-electron chi connectivity index (χ1n) is 5.28. The number of hydrogen-bond acceptors (Lipinski definition) is 4. The second-order valence-corrected chi connectivity index (χ2v) is 4.95.